The summed E-state index contributed by atoms with van der Waals surface area (Å²) in [5, 5.41) is 4.07. The van der Waals surface area contributed by atoms with Gasteiger partial charge in [0.2, 0.25) is 0 Å². The molecule has 1 aromatic heterocycles. The van der Waals surface area contributed by atoms with Crippen LogP contribution in [0.1, 0.15) is 18.5 Å². The molecular weight excluding hydrogens is 276 g/mol. The summed E-state index contributed by atoms with van der Waals surface area (Å²) in [5.41, 5.74) is 2.38. The van der Waals surface area contributed by atoms with Crippen LogP contribution in [0.2, 0.25) is 5.02 Å². The van der Waals surface area contributed by atoms with Crippen molar-refractivity contribution >= 4 is 22.9 Å². The number of halogens is 1. The second-order valence-electron chi connectivity index (χ2n) is 5.58. The second-order valence-corrected chi connectivity index (χ2v) is 6.88. The van der Waals surface area contributed by atoms with Crippen molar-refractivity contribution in [2.75, 3.05) is 20.1 Å². The summed E-state index contributed by atoms with van der Waals surface area (Å²) in [7, 11) is 2.34. The molecule has 3 rings (SSSR count). The Morgan fingerprint density at radius 3 is 2.58 bits per heavy atom. The molecule has 2 aromatic rings. The van der Waals surface area contributed by atoms with E-state index in [1.54, 1.807) is 11.3 Å². The Hall–Kier alpha value is -0.900. The van der Waals surface area contributed by atoms with Crippen LogP contribution in [-0.4, -0.2) is 29.6 Å². The van der Waals surface area contributed by atoms with E-state index in [9.17, 15) is 0 Å². The molecular formula is C15H18ClN2S+. The fraction of sp³-hybridized carbons (Fsp3) is 0.400. The Morgan fingerprint density at radius 1 is 1.21 bits per heavy atom. The summed E-state index contributed by atoms with van der Waals surface area (Å²) in [6.45, 7) is 3.63. The molecule has 0 radical (unpaired) electrons. The third-order valence-electron chi connectivity index (χ3n) is 3.83. The van der Waals surface area contributed by atoms with Gasteiger partial charge in [-0.2, -0.15) is 0 Å². The van der Waals surface area contributed by atoms with Crippen molar-refractivity contribution in [3.8, 4) is 10.6 Å². The van der Waals surface area contributed by atoms with Crippen molar-refractivity contribution in [1.82, 2.24) is 4.98 Å². The molecule has 1 saturated heterocycles. The van der Waals surface area contributed by atoms with Crippen LogP contribution in [0.3, 0.4) is 0 Å². The Bertz CT molecular complexity index is 556. The van der Waals surface area contributed by atoms with Gasteiger partial charge in [-0.1, -0.05) is 23.7 Å². The topological polar surface area (TPSA) is 12.9 Å². The smallest absolute Gasteiger partial charge is 0.123 e. The van der Waals surface area contributed by atoms with E-state index in [1.807, 2.05) is 24.3 Å². The first-order valence-corrected chi connectivity index (χ1v) is 7.94. The van der Waals surface area contributed by atoms with Crippen molar-refractivity contribution in [2.24, 2.45) is 0 Å². The molecule has 1 fully saturated rings. The molecule has 1 aromatic carbocycles. The molecule has 19 heavy (non-hydrogen) atoms. The maximum atomic E-state index is 5.92. The van der Waals surface area contributed by atoms with E-state index in [1.165, 1.54) is 31.6 Å². The molecule has 0 atom stereocenters. The van der Waals surface area contributed by atoms with Gasteiger partial charge >= 0.3 is 0 Å². The monoisotopic (exact) mass is 293 g/mol. The van der Waals surface area contributed by atoms with Gasteiger partial charge < -0.3 is 4.48 Å². The minimum absolute atomic E-state index is 0.774. The quantitative estimate of drug-likeness (QED) is 0.773. The highest BCUT2D eigenvalue weighted by molar-refractivity contribution is 7.13. The van der Waals surface area contributed by atoms with Gasteiger partial charge in [-0.25, -0.2) is 4.98 Å². The fourth-order valence-corrected chi connectivity index (χ4v) is 3.70. The predicted molar refractivity (Wildman–Crippen MR) is 81.4 cm³/mol. The lowest BCUT2D eigenvalue weighted by Gasteiger charge is -2.28. The molecule has 0 bridgehead atoms. The molecule has 1 aliphatic rings. The lowest BCUT2D eigenvalue weighted by atomic mass is 10.2. The van der Waals surface area contributed by atoms with E-state index in [0.29, 0.717) is 0 Å². The van der Waals surface area contributed by atoms with Crippen molar-refractivity contribution < 1.29 is 4.48 Å². The number of rotatable bonds is 3. The lowest BCUT2D eigenvalue weighted by Crippen LogP contribution is -2.39. The average Bonchev–Trinajstić information content (AvgIpc) is 3.00. The molecule has 0 saturated carbocycles. The molecule has 0 spiro atoms. The standard InChI is InChI=1S/C15H18ClN2S/c1-18(8-2-3-9-18)10-14-11-19-15(17-14)12-4-6-13(16)7-5-12/h4-7,11H,2-3,8-10H2,1H3/q+1. The lowest BCUT2D eigenvalue weighted by molar-refractivity contribution is -0.911. The fourth-order valence-electron chi connectivity index (χ4n) is 2.75. The zero-order chi connectivity index (χ0) is 13.3. The van der Waals surface area contributed by atoms with Gasteiger partial charge in [0, 0.05) is 28.8 Å². The molecule has 0 amide bonds. The van der Waals surface area contributed by atoms with Crippen LogP contribution in [0.25, 0.3) is 10.6 Å². The second kappa shape index (κ2) is 5.23. The summed E-state index contributed by atoms with van der Waals surface area (Å²) >= 11 is 7.64. The zero-order valence-corrected chi connectivity index (χ0v) is 12.7. The highest BCUT2D eigenvalue weighted by Crippen LogP contribution is 2.27. The Kier molecular flexibility index (Phi) is 3.61. The van der Waals surface area contributed by atoms with Crippen LogP contribution in [0.15, 0.2) is 29.6 Å². The van der Waals surface area contributed by atoms with Gasteiger partial charge in [0.25, 0.3) is 0 Å². The van der Waals surface area contributed by atoms with Crippen LogP contribution in [0.4, 0.5) is 0 Å². The summed E-state index contributed by atoms with van der Waals surface area (Å²) < 4.78 is 1.14. The molecule has 100 valence electrons. The maximum absolute atomic E-state index is 5.92. The van der Waals surface area contributed by atoms with Gasteiger partial charge in [-0.3, -0.25) is 0 Å². The zero-order valence-electron chi connectivity index (χ0n) is 11.1. The molecule has 1 aliphatic heterocycles. The number of aromatic nitrogens is 1. The molecule has 4 heteroatoms. The largest absolute Gasteiger partial charge is 0.321 e. The van der Waals surface area contributed by atoms with E-state index in [-0.39, 0.29) is 0 Å². The van der Waals surface area contributed by atoms with E-state index in [0.717, 1.165) is 26.6 Å². The van der Waals surface area contributed by atoms with Gasteiger partial charge in [-0.15, -0.1) is 11.3 Å². The van der Waals surface area contributed by atoms with Crippen molar-refractivity contribution in [3.05, 3.63) is 40.4 Å². The van der Waals surface area contributed by atoms with Crippen LogP contribution >= 0.6 is 22.9 Å². The molecule has 2 nitrogen and oxygen atoms in total. The molecule has 0 aliphatic carbocycles. The number of likely N-dealkylation sites (tertiary alicyclic amines) is 1. The number of thiazole rings is 1. The minimum atomic E-state index is 0.774. The molecule has 0 unspecified atom stereocenters. The number of quaternary nitrogens is 1. The number of hydrogen-bond donors (Lipinski definition) is 0. The van der Waals surface area contributed by atoms with E-state index in [2.05, 4.69) is 12.4 Å². The van der Waals surface area contributed by atoms with E-state index >= 15 is 0 Å². The predicted octanol–water partition coefficient (Wildman–Crippen LogP) is 4.20. The highest BCUT2D eigenvalue weighted by Gasteiger charge is 2.27. The number of hydrogen-bond acceptors (Lipinski definition) is 2. The summed E-state index contributed by atoms with van der Waals surface area (Å²) in [6, 6.07) is 7.92. The Morgan fingerprint density at radius 2 is 1.89 bits per heavy atom. The van der Waals surface area contributed by atoms with Gasteiger partial charge in [0.1, 0.15) is 17.2 Å². The van der Waals surface area contributed by atoms with Crippen LogP contribution in [0, 0.1) is 0 Å². The van der Waals surface area contributed by atoms with Gasteiger partial charge in [0.15, 0.2) is 0 Å². The van der Waals surface area contributed by atoms with Crippen molar-refractivity contribution in [1.29, 1.82) is 0 Å². The van der Waals surface area contributed by atoms with Crippen molar-refractivity contribution in [3.63, 3.8) is 0 Å². The Labute approximate surface area is 123 Å². The number of benzene rings is 1. The summed E-state index contributed by atoms with van der Waals surface area (Å²) in [4.78, 5) is 4.78. The summed E-state index contributed by atoms with van der Waals surface area (Å²) in [6.07, 6.45) is 2.70. The maximum Gasteiger partial charge on any atom is 0.123 e. The highest BCUT2D eigenvalue weighted by atomic mass is 35.5. The van der Waals surface area contributed by atoms with Gasteiger partial charge in [0.05, 0.1) is 20.1 Å². The summed E-state index contributed by atoms with van der Waals surface area (Å²) in [5.74, 6) is 0. The third-order valence-corrected chi connectivity index (χ3v) is 5.02. The first-order valence-electron chi connectivity index (χ1n) is 6.69. The third kappa shape index (κ3) is 2.99. The van der Waals surface area contributed by atoms with Crippen LogP contribution < -0.4 is 0 Å². The first kappa shape index (κ1) is 13.1. The Balaban J connectivity index is 1.77. The first-order chi connectivity index (χ1) is 9.15. The molecule has 2 heterocycles. The minimum Gasteiger partial charge on any atom is -0.321 e. The SMILES string of the molecule is C[N+]1(Cc2csc(-c3ccc(Cl)cc3)n2)CCCC1. The van der Waals surface area contributed by atoms with Crippen LogP contribution in [-0.2, 0) is 6.54 Å². The van der Waals surface area contributed by atoms with E-state index in [4.69, 9.17) is 16.6 Å². The van der Waals surface area contributed by atoms with Crippen LogP contribution in [0.5, 0.6) is 0 Å². The normalized spacial score (nSPS) is 17.8. The van der Waals surface area contributed by atoms with Crippen molar-refractivity contribution in [2.45, 2.75) is 19.4 Å². The average molecular weight is 294 g/mol. The van der Waals surface area contributed by atoms with Gasteiger partial charge in [-0.05, 0) is 12.1 Å². The number of nitrogens with zero attached hydrogens (tertiary/aromatic N) is 2. The molecule has 0 N–H and O–H groups in total. The van der Waals surface area contributed by atoms with E-state index < -0.39 is 0 Å².